The van der Waals surface area contributed by atoms with Gasteiger partial charge in [0, 0.05) is 0 Å². The molecule has 0 saturated heterocycles. The molecule has 1 radical (unpaired) electrons. The molecule has 2 atom stereocenters. The highest BCUT2D eigenvalue weighted by atomic mass is 31.1. The summed E-state index contributed by atoms with van der Waals surface area (Å²) >= 11 is 0. The second kappa shape index (κ2) is 4.31. The fourth-order valence-electron chi connectivity index (χ4n) is 1.41. The molecule has 1 nitrogen and oxygen atoms in total. The Kier molecular flexibility index (Phi) is 3.65. The van der Waals surface area contributed by atoms with Crippen molar-refractivity contribution in [2.24, 2.45) is 0 Å². The van der Waals surface area contributed by atoms with E-state index in [9.17, 15) is 5.11 Å². The zero-order valence-corrected chi connectivity index (χ0v) is 7.48. The van der Waals surface area contributed by atoms with Crippen LogP contribution in [0.4, 0.5) is 0 Å². The average Bonchev–Trinajstić information content (AvgIpc) is 2.31. The molecule has 0 spiro atoms. The predicted molar refractivity (Wildman–Crippen MR) is 45.7 cm³/mol. The van der Waals surface area contributed by atoms with Gasteiger partial charge in [-0.05, 0) is 31.1 Å². The normalized spacial score (nSPS) is 34.2. The molecule has 1 fully saturated rings. The maximum Gasteiger partial charge on any atom is 0.0546 e. The standard InChI is InChI=1S/C8H16OP/c1-2-5-10-8-4-3-7(9)6-8/h7-9H,2-6H2,1H3. The summed E-state index contributed by atoms with van der Waals surface area (Å²) in [5.41, 5.74) is 0.815. The van der Waals surface area contributed by atoms with Gasteiger partial charge < -0.3 is 5.11 Å². The van der Waals surface area contributed by atoms with Crippen LogP contribution in [0.3, 0.4) is 0 Å². The van der Waals surface area contributed by atoms with Gasteiger partial charge in [-0.3, -0.25) is 0 Å². The van der Waals surface area contributed by atoms with E-state index in [0.717, 1.165) is 18.5 Å². The molecule has 0 bridgehead atoms. The minimum absolute atomic E-state index is 0.0226. The van der Waals surface area contributed by atoms with Gasteiger partial charge in [-0.15, -0.1) is 0 Å². The fourth-order valence-corrected chi connectivity index (χ4v) is 2.76. The highest BCUT2D eigenvalue weighted by Crippen LogP contribution is 2.34. The highest BCUT2D eigenvalue weighted by Gasteiger charge is 2.21. The van der Waals surface area contributed by atoms with Crippen molar-refractivity contribution in [3.05, 3.63) is 0 Å². The minimum Gasteiger partial charge on any atom is -0.393 e. The highest BCUT2D eigenvalue weighted by molar-refractivity contribution is 7.38. The lowest BCUT2D eigenvalue weighted by Gasteiger charge is -2.05. The van der Waals surface area contributed by atoms with E-state index in [-0.39, 0.29) is 6.10 Å². The van der Waals surface area contributed by atoms with Crippen LogP contribution in [0, 0.1) is 0 Å². The van der Waals surface area contributed by atoms with E-state index in [4.69, 9.17) is 0 Å². The van der Waals surface area contributed by atoms with Gasteiger partial charge in [0.15, 0.2) is 0 Å². The summed E-state index contributed by atoms with van der Waals surface area (Å²) in [4.78, 5) is 0. The van der Waals surface area contributed by atoms with Crippen molar-refractivity contribution in [1.82, 2.24) is 0 Å². The van der Waals surface area contributed by atoms with E-state index in [1.54, 1.807) is 8.58 Å². The first-order valence-electron chi connectivity index (χ1n) is 4.17. The zero-order valence-electron chi connectivity index (χ0n) is 6.58. The summed E-state index contributed by atoms with van der Waals surface area (Å²) in [5.74, 6) is 0. The van der Waals surface area contributed by atoms with E-state index in [1.807, 2.05) is 0 Å². The summed E-state index contributed by atoms with van der Waals surface area (Å²) in [7, 11) is 1.57. The molecule has 0 heterocycles. The van der Waals surface area contributed by atoms with Crippen LogP contribution >= 0.6 is 8.58 Å². The van der Waals surface area contributed by atoms with Crippen LogP contribution in [0.5, 0.6) is 0 Å². The Morgan fingerprint density at radius 1 is 1.50 bits per heavy atom. The molecular weight excluding hydrogens is 143 g/mol. The summed E-state index contributed by atoms with van der Waals surface area (Å²) < 4.78 is 0. The van der Waals surface area contributed by atoms with E-state index < -0.39 is 0 Å². The smallest absolute Gasteiger partial charge is 0.0546 e. The van der Waals surface area contributed by atoms with Gasteiger partial charge in [-0.25, -0.2) is 0 Å². The molecular formula is C8H16OP. The Balaban J connectivity index is 2.06. The van der Waals surface area contributed by atoms with Crippen molar-refractivity contribution in [3.63, 3.8) is 0 Å². The number of aliphatic hydroxyl groups excluding tert-OH is 1. The first-order chi connectivity index (χ1) is 4.83. The van der Waals surface area contributed by atoms with Gasteiger partial charge in [0.2, 0.25) is 0 Å². The van der Waals surface area contributed by atoms with Gasteiger partial charge in [0.05, 0.1) is 6.10 Å². The summed E-state index contributed by atoms with van der Waals surface area (Å²) in [6.07, 6.45) is 5.98. The molecule has 1 rings (SSSR count). The first kappa shape index (κ1) is 8.49. The van der Waals surface area contributed by atoms with Crippen LogP contribution in [-0.2, 0) is 0 Å². The van der Waals surface area contributed by atoms with Gasteiger partial charge in [0.25, 0.3) is 0 Å². The molecule has 1 saturated carbocycles. The van der Waals surface area contributed by atoms with E-state index in [2.05, 4.69) is 6.92 Å². The quantitative estimate of drug-likeness (QED) is 0.626. The Bertz CT molecular complexity index is 95.3. The second-order valence-electron chi connectivity index (χ2n) is 3.03. The van der Waals surface area contributed by atoms with Crippen molar-refractivity contribution in [2.75, 3.05) is 6.16 Å². The summed E-state index contributed by atoms with van der Waals surface area (Å²) in [5, 5.41) is 9.19. The lowest BCUT2D eigenvalue weighted by atomic mass is 10.3. The molecule has 2 unspecified atom stereocenters. The lowest BCUT2D eigenvalue weighted by Crippen LogP contribution is -2.00. The van der Waals surface area contributed by atoms with Crippen molar-refractivity contribution in [3.8, 4) is 0 Å². The number of hydrogen-bond acceptors (Lipinski definition) is 1. The topological polar surface area (TPSA) is 20.2 Å². The Morgan fingerprint density at radius 3 is 2.80 bits per heavy atom. The molecule has 0 aromatic rings. The van der Waals surface area contributed by atoms with Gasteiger partial charge in [0.1, 0.15) is 0 Å². The second-order valence-corrected chi connectivity index (χ2v) is 4.57. The third kappa shape index (κ3) is 2.56. The Labute approximate surface area is 65.0 Å². The number of aliphatic hydroxyl groups is 1. The molecule has 0 aromatic carbocycles. The zero-order chi connectivity index (χ0) is 7.40. The fraction of sp³-hybridized carbons (Fsp3) is 1.00. The van der Waals surface area contributed by atoms with Crippen molar-refractivity contribution < 1.29 is 5.11 Å². The molecule has 0 amide bonds. The Hall–Kier alpha value is 0.390. The minimum atomic E-state index is 0.0226. The Morgan fingerprint density at radius 2 is 2.30 bits per heavy atom. The first-order valence-corrected chi connectivity index (χ1v) is 5.32. The monoisotopic (exact) mass is 159 g/mol. The van der Waals surface area contributed by atoms with Gasteiger partial charge in [-0.2, -0.15) is 0 Å². The average molecular weight is 159 g/mol. The molecule has 1 aliphatic rings. The molecule has 0 aliphatic heterocycles. The van der Waals surface area contributed by atoms with Crippen LogP contribution in [0.2, 0.25) is 0 Å². The maximum absolute atomic E-state index is 9.19. The van der Waals surface area contributed by atoms with Crippen molar-refractivity contribution in [1.29, 1.82) is 0 Å². The SMILES string of the molecule is CCC[P]C1CCC(O)C1. The number of rotatable bonds is 3. The predicted octanol–water partition coefficient (Wildman–Crippen LogP) is 2.26. The molecule has 1 N–H and O–H groups in total. The van der Waals surface area contributed by atoms with Crippen LogP contribution in [0.1, 0.15) is 32.6 Å². The lowest BCUT2D eigenvalue weighted by molar-refractivity contribution is 0.183. The van der Waals surface area contributed by atoms with Crippen LogP contribution in [0.25, 0.3) is 0 Å². The molecule has 10 heavy (non-hydrogen) atoms. The van der Waals surface area contributed by atoms with Crippen LogP contribution in [0.15, 0.2) is 0 Å². The van der Waals surface area contributed by atoms with Crippen LogP contribution < -0.4 is 0 Å². The maximum atomic E-state index is 9.19. The van der Waals surface area contributed by atoms with E-state index in [1.165, 1.54) is 19.0 Å². The molecule has 59 valence electrons. The third-order valence-electron chi connectivity index (χ3n) is 1.99. The number of hydrogen-bond donors (Lipinski definition) is 1. The van der Waals surface area contributed by atoms with Crippen molar-refractivity contribution >= 4 is 8.58 Å². The van der Waals surface area contributed by atoms with Gasteiger partial charge in [-0.1, -0.05) is 21.9 Å². The summed E-state index contributed by atoms with van der Waals surface area (Å²) in [6.45, 7) is 2.22. The third-order valence-corrected chi connectivity index (χ3v) is 3.68. The molecule has 1 aliphatic carbocycles. The largest absolute Gasteiger partial charge is 0.393 e. The van der Waals surface area contributed by atoms with Crippen molar-refractivity contribution in [2.45, 2.75) is 44.4 Å². The van der Waals surface area contributed by atoms with E-state index >= 15 is 0 Å². The molecule has 0 aromatic heterocycles. The van der Waals surface area contributed by atoms with E-state index in [0.29, 0.717) is 0 Å². The van der Waals surface area contributed by atoms with Crippen LogP contribution in [-0.4, -0.2) is 23.0 Å². The van der Waals surface area contributed by atoms with Gasteiger partial charge >= 0.3 is 0 Å². The molecule has 2 heteroatoms. The summed E-state index contributed by atoms with van der Waals surface area (Å²) in [6, 6.07) is 0.